The zero-order valence-corrected chi connectivity index (χ0v) is 32.0. The molecule has 0 spiro atoms. The van der Waals surface area contributed by atoms with Crippen LogP contribution in [0.1, 0.15) is 77.6 Å². The van der Waals surface area contributed by atoms with E-state index >= 15 is 0 Å². The molecular formula is C44H56N4Si. The average molecular weight is 669 g/mol. The maximum atomic E-state index is 5.50. The van der Waals surface area contributed by atoms with Crippen LogP contribution in [0.25, 0.3) is 0 Å². The third-order valence-corrected chi connectivity index (χ3v) is 14.5. The van der Waals surface area contributed by atoms with Crippen LogP contribution < -0.4 is 0 Å². The van der Waals surface area contributed by atoms with Gasteiger partial charge >= 0.3 is 0 Å². The van der Waals surface area contributed by atoms with Gasteiger partial charge in [-0.05, 0) is 79.4 Å². The summed E-state index contributed by atoms with van der Waals surface area (Å²) in [5, 5.41) is 0. The van der Waals surface area contributed by atoms with Gasteiger partial charge in [0.15, 0.2) is 0 Å². The number of allylic oxidation sites excluding steroid dienone is 2. The fourth-order valence-corrected chi connectivity index (χ4v) is 13.8. The van der Waals surface area contributed by atoms with E-state index < -0.39 is 8.40 Å². The Morgan fingerprint density at radius 1 is 0.490 bits per heavy atom. The number of benzene rings is 4. The molecule has 0 atom stereocenters. The Morgan fingerprint density at radius 3 is 1.08 bits per heavy atom. The zero-order chi connectivity index (χ0) is 35.0. The van der Waals surface area contributed by atoms with Crippen LogP contribution in [0.5, 0.6) is 0 Å². The molecule has 4 aromatic rings. The van der Waals surface area contributed by atoms with E-state index in [1.165, 1.54) is 22.3 Å². The van der Waals surface area contributed by atoms with E-state index in [9.17, 15) is 0 Å². The van der Waals surface area contributed by atoms with Crippen LogP contribution >= 0.6 is 0 Å². The fourth-order valence-electron chi connectivity index (χ4n) is 7.57. The number of nitrogens with zero attached hydrogens (tertiary/aromatic N) is 4. The van der Waals surface area contributed by atoms with E-state index in [1.54, 1.807) is 11.1 Å². The molecule has 1 heterocycles. The summed E-state index contributed by atoms with van der Waals surface area (Å²) >= 11 is 0. The maximum Gasteiger partial charge on any atom is 0.275 e. The van der Waals surface area contributed by atoms with Crippen molar-refractivity contribution in [3.63, 3.8) is 0 Å². The lowest BCUT2D eigenvalue weighted by Crippen LogP contribution is -2.71. The van der Waals surface area contributed by atoms with Gasteiger partial charge in [-0.3, -0.25) is 9.98 Å². The van der Waals surface area contributed by atoms with Gasteiger partial charge in [0.2, 0.25) is 0 Å². The summed E-state index contributed by atoms with van der Waals surface area (Å²) in [7, 11) is -2.75. The van der Waals surface area contributed by atoms with E-state index in [1.807, 2.05) is 0 Å². The Kier molecular flexibility index (Phi) is 12.1. The highest BCUT2D eigenvalue weighted by Crippen LogP contribution is 2.46. The van der Waals surface area contributed by atoms with Crippen molar-refractivity contribution in [3.8, 4) is 0 Å². The summed E-state index contributed by atoms with van der Waals surface area (Å²) in [6.45, 7) is 18.3. The monoisotopic (exact) mass is 668 g/mol. The third-order valence-electron chi connectivity index (χ3n) is 9.22. The Morgan fingerprint density at radius 2 is 0.796 bits per heavy atom. The molecule has 0 N–H and O–H groups in total. The van der Waals surface area contributed by atoms with Crippen LogP contribution in [0.4, 0.5) is 0 Å². The minimum absolute atomic E-state index is 0.148. The predicted octanol–water partition coefficient (Wildman–Crippen LogP) is 10.4. The van der Waals surface area contributed by atoms with Gasteiger partial charge < -0.3 is 9.13 Å². The first kappa shape index (κ1) is 36.1. The van der Waals surface area contributed by atoms with Crippen molar-refractivity contribution >= 4 is 20.1 Å². The van der Waals surface area contributed by atoms with Crippen molar-refractivity contribution in [1.29, 1.82) is 0 Å². The van der Waals surface area contributed by atoms with Gasteiger partial charge in [-0.1, -0.05) is 132 Å². The first-order chi connectivity index (χ1) is 23.6. The highest BCUT2D eigenvalue weighted by molar-refractivity contribution is 6.81. The van der Waals surface area contributed by atoms with E-state index in [0.29, 0.717) is 0 Å². The molecule has 0 aliphatic carbocycles. The van der Waals surface area contributed by atoms with Gasteiger partial charge in [0.25, 0.3) is 8.40 Å². The standard InChI is InChI=1S/C44H56N4Si/c1-33(2)45-43(39-25-17-11-18-26-39)47(35(5)6)49(48(36(7)8)44(46-34(3)4)40-27-19-12-20-28-40)31-41(29-37-21-13-9-14-22-37)42(32-49)30-38-23-15-10-16-24-38/h9-28,33-36H,29-32H2,1-8H3. The smallest absolute Gasteiger partial charge is 0.275 e. The summed E-state index contributed by atoms with van der Waals surface area (Å²) in [5.41, 5.74) is 8.27. The minimum Gasteiger partial charge on any atom is -0.363 e. The number of amidine groups is 2. The van der Waals surface area contributed by atoms with Crippen LogP contribution in [0.2, 0.25) is 12.1 Å². The molecule has 1 aliphatic rings. The van der Waals surface area contributed by atoms with E-state index in [4.69, 9.17) is 9.98 Å². The molecule has 4 nitrogen and oxygen atoms in total. The molecule has 0 saturated carbocycles. The Labute approximate surface area is 297 Å². The van der Waals surface area contributed by atoms with Crippen molar-refractivity contribution in [3.05, 3.63) is 155 Å². The van der Waals surface area contributed by atoms with Crippen LogP contribution in [0.15, 0.2) is 142 Å². The molecule has 1 aliphatic heterocycles. The summed E-state index contributed by atoms with van der Waals surface area (Å²) in [6.07, 6.45) is 1.92. The highest BCUT2D eigenvalue weighted by Gasteiger charge is 2.55. The quantitative estimate of drug-likeness (QED) is 0.0651. The molecule has 0 saturated heterocycles. The van der Waals surface area contributed by atoms with Crippen LogP contribution in [-0.2, 0) is 12.8 Å². The molecule has 5 rings (SSSR count). The summed E-state index contributed by atoms with van der Waals surface area (Å²) in [6, 6.07) is 46.7. The normalized spacial score (nSPS) is 15.2. The molecule has 256 valence electrons. The molecule has 0 bridgehead atoms. The summed E-state index contributed by atoms with van der Waals surface area (Å²) in [4.78, 5) is 11.0. The largest absolute Gasteiger partial charge is 0.363 e. The van der Waals surface area contributed by atoms with Gasteiger partial charge in [-0.25, -0.2) is 0 Å². The number of aliphatic imine (C=N–C) groups is 2. The van der Waals surface area contributed by atoms with Gasteiger partial charge in [-0.15, -0.1) is 0 Å². The summed E-state index contributed by atoms with van der Waals surface area (Å²) < 4.78 is 5.62. The van der Waals surface area contributed by atoms with E-state index in [0.717, 1.165) is 36.6 Å². The molecule has 0 radical (unpaired) electrons. The van der Waals surface area contributed by atoms with Crippen LogP contribution in [0, 0.1) is 0 Å². The Balaban J connectivity index is 1.81. The first-order valence-corrected chi connectivity index (χ1v) is 20.5. The lowest BCUT2D eigenvalue weighted by atomic mass is 9.97. The van der Waals surface area contributed by atoms with Gasteiger partial charge in [0, 0.05) is 47.4 Å². The zero-order valence-electron chi connectivity index (χ0n) is 31.0. The van der Waals surface area contributed by atoms with Crippen molar-refractivity contribution in [2.45, 2.75) is 104 Å². The van der Waals surface area contributed by atoms with Gasteiger partial charge in [-0.2, -0.15) is 0 Å². The average Bonchev–Trinajstić information content (AvgIpc) is 3.41. The van der Waals surface area contributed by atoms with Gasteiger partial charge in [0.1, 0.15) is 11.7 Å². The third kappa shape index (κ3) is 8.69. The van der Waals surface area contributed by atoms with Crippen molar-refractivity contribution in [2.24, 2.45) is 9.98 Å². The molecule has 0 aromatic heterocycles. The van der Waals surface area contributed by atoms with Crippen LogP contribution in [0.3, 0.4) is 0 Å². The predicted molar refractivity (Wildman–Crippen MR) is 213 cm³/mol. The molecule has 0 fully saturated rings. The lowest BCUT2D eigenvalue weighted by molar-refractivity contribution is 0.399. The van der Waals surface area contributed by atoms with Gasteiger partial charge in [0.05, 0.1) is 0 Å². The molecular weight excluding hydrogens is 613 g/mol. The fraction of sp³-hybridized carbons (Fsp3) is 0.364. The second kappa shape index (κ2) is 16.5. The SMILES string of the molecule is CC(C)N=C(c1ccccc1)N(C(C)C)[Si]1(N(C(=NC(C)C)c2ccccc2)C(C)C)CC(Cc2ccccc2)=C(Cc2ccccc2)C1. The number of hydrogen-bond acceptors (Lipinski definition) is 2. The lowest BCUT2D eigenvalue weighted by Gasteiger charge is -2.53. The molecule has 0 amide bonds. The Hall–Kier alpha value is -4.22. The minimum atomic E-state index is -2.75. The second-order valence-electron chi connectivity index (χ2n) is 14.6. The first-order valence-electron chi connectivity index (χ1n) is 18.2. The number of rotatable bonds is 12. The van der Waals surface area contributed by atoms with Crippen molar-refractivity contribution < 1.29 is 0 Å². The summed E-state index contributed by atoms with van der Waals surface area (Å²) in [5.74, 6) is 2.22. The second-order valence-corrected chi connectivity index (χ2v) is 18.3. The number of hydrogen-bond donors (Lipinski definition) is 0. The molecule has 0 unspecified atom stereocenters. The maximum absolute atomic E-state index is 5.50. The molecule has 4 aromatic carbocycles. The highest BCUT2D eigenvalue weighted by atomic mass is 28.3. The van der Waals surface area contributed by atoms with Crippen molar-refractivity contribution in [1.82, 2.24) is 9.13 Å². The molecule has 49 heavy (non-hydrogen) atoms. The van der Waals surface area contributed by atoms with Crippen LogP contribution in [-0.4, -0.2) is 53.4 Å². The molecule has 5 heteroatoms. The van der Waals surface area contributed by atoms with E-state index in [-0.39, 0.29) is 24.2 Å². The Bertz CT molecular complexity index is 1580. The van der Waals surface area contributed by atoms with E-state index in [2.05, 4.69) is 186 Å². The topological polar surface area (TPSA) is 31.2 Å². The van der Waals surface area contributed by atoms with Crippen molar-refractivity contribution in [2.75, 3.05) is 0 Å².